The van der Waals surface area contributed by atoms with Crippen LogP contribution in [0, 0.1) is 11.6 Å². The topological polar surface area (TPSA) is 57.3 Å². The average molecular weight is 424 g/mol. The first-order valence-electron chi connectivity index (χ1n) is 10.5. The van der Waals surface area contributed by atoms with E-state index in [1.54, 1.807) is 0 Å². The summed E-state index contributed by atoms with van der Waals surface area (Å²) in [6.07, 6.45) is 3.28. The fraction of sp³-hybridized carbons (Fsp3) is 0.333. The Balaban J connectivity index is 1.38. The number of rotatable bonds is 5. The molecular weight excluding hydrogens is 398 g/mol. The molecule has 5 nitrogen and oxygen atoms in total. The zero-order chi connectivity index (χ0) is 22.0. The van der Waals surface area contributed by atoms with Crippen LogP contribution in [-0.2, 0) is 0 Å². The zero-order valence-electron chi connectivity index (χ0n) is 17.7. The smallest absolute Gasteiger partial charge is 0.254 e. The highest BCUT2D eigenvalue weighted by molar-refractivity contribution is 5.95. The number of hydrogen-bond donors (Lipinski definition) is 2. The highest BCUT2D eigenvalue weighted by atomic mass is 19.1. The van der Waals surface area contributed by atoms with Crippen molar-refractivity contribution in [1.29, 1.82) is 0 Å². The third kappa shape index (κ3) is 4.76. The van der Waals surface area contributed by atoms with Crippen LogP contribution in [0.3, 0.4) is 0 Å². The fourth-order valence-corrected chi connectivity index (χ4v) is 4.13. The number of nitrogens with zero attached hydrogens (tertiary/aromatic N) is 2. The third-order valence-electron chi connectivity index (χ3n) is 5.77. The van der Waals surface area contributed by atoms with Crippen LogP contribution in [0.2, 0.25) is 0 Å². The highest BCUT2D eigenvalue weighted by Gasteiger charge is 2.24. The van der Waals surface area contributed by atoms with E-state index in [4.69, 9.17) is 4.98 Å². The first kappa shape index (κ1) is 21.0. The Labute approximate surface area is 180 Å². The largest absolute Gasteiger partial charge is 0.377 e. The lowest BCUT2D eigenvalue weighted by Gasteiger charge is -2.30. The SMILES string of the molecule is CN(C)c1cc(NC2CCC(NC(=O)c3ccc(F)cc3F)CC2)nc2ccccc12. The molecule has 0 saturated heterocycles. The van der Waals surface area contributed by atoms with Crippen LogP contribution in [-0.4, -0.2) is 37.1 Å². The second kappa shape index (κ2) is 8.88. The molecule has 1 saturated carbocycles. The normalized spacial score (nSPS) is 18.6. The molecule has 1 aliphatic rings. The van der Waals surface area contributed by atoms with Crippen LogP contribution in [0.1, 0.15) is 36.0 Å². The van der Waals surface area contributed by atoms with Gasteiger partial charge < -0.3 is 15.5 Å². The van der Waals surface area contributed by atoms with Gasteiger partial charge in [-0.15, -0.1) is 0 Å². The number of hydrogen-bond acceptors (Lipinski definition) is 4. The number of pyridine rings is 1. The minimum absolute atomic E-state index is 0.0306. The number of anilines is 2. The Morgan fingerprint density at radius 3 is 2.42 bits per heavy atom. The van der Waals surface area contributed by atoms with Gasteiger partial charge in [-0.3, -0.25) is 4.79 Å². The van der Waals surface area contributed by atoms with Crippen molar-refractivity contribution in [3.8, 4) is 0 Å². The summed E-state index contributed by atoms with van der Waals surface area (Å²) in [6, 6.07) is 13.4. The van der Waals surface area contributed by atoms with E-state index in [9.17, 15) is 13.6 Å². The van der Waals surface area contributed by atoms with Crippen molar-refractivity contribution < 1.29 is 13.6 Å². The monoisotopic (exact) mass is 424 g/mol. The second-order valence-electron chi connectivity index (χ2n) is 8.23. The van der Waals surface area contributed by atoms with Gasteiger partial charge in [-0.1, -0.05) is 18.2 Å². The summed E-state index contributed by atoms with van der Waals surface area (Å²) in [7, 11) is 4.03. The molecule has 1 fully saturated rings. The van der Waals surface area contributed by atoms with E-state index < -0.39 is 17.5 Å². The molecule has 0 radical (unpaired) electrons. The van der Waals surface area contributed by atoms with Gasteiger partial charge >= 0.3 is 0 Å². The molecule has 31 heavy (non-hydrogen) atoms. The minimum atomic E-state index is -0.841. The highest BCUT2D eigenvalue weighted by Crippen LogP contribution is 2.29. The molecule has 7 heteroatoms. The van der Waals surface area contributed by atoms with Crippen LogP contribution in [0.15, 0.2) is 48.5 Å². The van der Waals surface area contributed by atoms with E-state index in [2.05, 4.69) is 27.7 Å². The van der Waals surface area contributed by atoms with Gasteiger partial charge in [-0.2, -0.15) is 0 Å². The molecule has 2 aromatic carbocycles. The summed E-state index contributed by atoms with van der Waals surface area (Å²) in [4.78, 5) is 19.2. The Bertz CT molecular complexity index is 1090. The summed E-state index contributed by atoms with van der Waals surface area (Å²) in [5, 5.41) is 7.52. The first-order chi connectivity index (χ1) is 14.9. The molecule has 4 rings (SSSR count). The van der Waals surface area contributed by atoms with Gasteiger partial charge in [0.05, 0.1) is 11.1 Å². The lowest BCUT2D eigenvalue weighted by molar-refractivity contribution is 0.0922. The van der Waals surface area contributed by atoms with E-state index in [1.807, 2.05) is 32.3 Å². The maximum atomic E-state index is 13.8. The van der Waals surface area contributed by atoms with Crippen molar-refractivity contribution in [1.82, 2.24) is 10.3 Å². The predicted molar refractivity (Wildman–Crippen MR) is 120 cm³/mol. The zero-order valence-corrected chi connectivity index (χ0v) is 17.7. The second-order valence-corrected chi connectivity index (χ2v) is 8.23. The summed E-state index contributed by atoms with van der Waals surface area (Å²) >= 11 is 0. The summed E-state index contributed by atoms with van der Waals surface area (Å²) < 4.78 is 26.9. The van der Waals surface area contributed by atoms with E-state index in [1.165, 1.54) is 6.07 Å². The van der Waals surface area contributed by atoms with Crippen LogP contribution < -0.4 is 15.5 Å². The van der Waals surface area contributed by atoms with Crippen molar-refractivity contribution in [2.45, 2.75) is 37.8 Å². The Hall–Kier alpha value is -3.22. The van der Waals surface area contributed by atoms with Gasteiger partial charge in [0, 0.05) is 49.4 Å². The van der Waals surface area contributed by atoms with Gasteiger partial charge in [0.1, 0.15) is 17.5 Å². The average Bonchev–Trinajstić information content (AvgIpc) is 2.74. The number of carbonyl (C=O) groups excluding carboxylic acids is 1. The van der Waals surface area contributed by atoms with Gasteiger partial charge in [-0.05, 0) is 43.9 Å². The molecule has 1 amide bonds. The molecule has 3 aromatic rings. The molecule has 2 N–H and O–H groups in total. The summed E-state index contributed by atoms with van der Waals surface area (Å²) in [6.45, 7) is 0. The van der Waals surface area contributed by atoms with Crippen molar-refractivity contribution in [2.24, 2.45) is 0 Å². The number of nitrogens with one attached hydrogen (secondary N) is 2. The lowest BCUT2D eigenvalue weighted by Crippen LogP contribution is -2.40. The molecule has 1 aliphatic carbocycles. The number of carbonyl (C=O) groups is 1. The first-order valence-corrected chi connectivity index (χ1v) is 10.5. The number of benzene rings is 2. The molecule has 0 spiro atoms. The number of aromatic nitrogens is 1. The van der Waals surface area contributed by atoms with Gasteiger partial charge in [0.25, 0.3) is 5.91 Å². The predicted octanol–water partition coefficient (Wildman–Crippen LogP) is 4.73. The summed E-state index contributed by atoms with van der Waals surface area (Å²) in [5.74, 6) is -1.20. The van der Waals surface area contributed by atoms with Crippen LogP contribution in [0.5, 0.6) is 0 Å². The molecular formula is C24H26F2N4O. The molecule has 1 aromatic heterocycles. The van der Waals surface area contributed by atoms with Crippen molar-refractivity contribution in [2.75, 3.05) is 24.3 Å². The molecule has 162 valence electrons. The Kier molecular flexibility index (Phi) is 6.02. The van der Waals surface area contributed by atoms with Crippen molar-refractivity contribution >= 4 is 28.3 Å². The Morgan fingerprint density at radius 2 is 1.71 bits per heavy atom. The van der Waals surface area contributed by atoms with E-state index in [-0.39, 0.29) is 17.6 Å². The number of halogens is 2. The van der Waals surface area contributed by atoms with E-state index >= 15 is 0 Å². The van der Waals surface area contributed by atoms with E-state index in [0.717, 1.165) is 60.2 Å². The number of fused-ring (bicyclic) bond motifs is 1. The quantitative estimate of drug-likeness (QED) is 0.622. The lowest BCUT2D eigenvalue weighted by atomic mass is 9.91. The van der Waals surface area contributed by atoms with Crippen molar-refractivity contribution in [3.63, 3.8) is 0 Å². The molecule has 0 atom stereocenters. The van der Waals surface area contributed by atoms with Crippen molar-refractivity contribution in [3.05, 3.63) is 65.7 Å². The summed E-state index contributed by atoms with van der Waals surface area (Å²) in [5.41, 5.74) is 1.92. The molecule has 1 heterocycles. The number of para-hydroxylation sites is 1. The maximum Gasteiger partial charge on any atom is 0.254 e. The standard InChI is InChI=1S/C24H26F2N4O/c1-30(2)22-14-23(29-21-6-4-3-5-19(21)22)27-16-8-10-17(11-9-16)28-24(31)18-12-7-15(25)13-20(18)26/h3-7,12-14,16-17H,8-11H2,1-2H3,(H,27,29)(H,28,31). The van der Waals surface area contributed by atoms with E-state index in [0.29, 0.717) is 0 Å². The maximum absolute atomic E-state index is 13.8. The molecule has 0 bridgehead atoms. The van der Waals surface area contributed by atoms with Gasteiger partial charge in [-0.25, -0.2) is 13.8 Å². The molecule has 0 aliphatic heterocycles. The van der Waals surface area contributed by atoms with Crippen LogP contribution in [0.4, 0.5) is 20.3 Å². The minimum Gasteiger partial charge on any atom is -0.377 e. The fourth-order valence-electron chi connectivity index (χ4n) is 4.13. The van der Waals surface area contributed by atoms with Crippen LogP contribution in [0.25, 0.3) is 10.9 Å². The van der Waals surface area contributed by atoms with Gasteiger partial charge in [0.2, 0.25) is 0 Å². The number of amides is 1. The third-order valence-corrected chi connectivity index (χ3v) is 5.77. The molecule has 0 unspecified atom stereocenters. The Morgan fingerprint density at radius 1 is 1.00 bits per heavy atom. The van der Waals surface area contributed by atoms with Crippen LogP contribution >= 0.6 is 0 Å². The van der Waals surface area contributed by atoms with Gasteiger partial charge in [0.15, 0.2) is 0 Å².